The zero-order valence-electron chi connectivity index (χ0n) is 15.2. The van der Waals surface area contributed by atoms with Crippen molar-refractivity contribution in [3.05, 3.63) is 53.9 Å². The lowest BCUT2D eigenvalue weighted by molar-refractivity contribution is 0.0526. The summed E-state index contributed by atoms with van der Waals surface area (Å²) in [5.74, 6) is 0. The third kappa shape index (κ3) is 5.39. The second-order valence-electron chi connectivity index (χ2n) is 7.05. The Morgan fingerprint density at radius 1 is 1.16 bits per heavy atom. The Balaban J connectivity index is 1.50. The van der Waals surface area contributed by atoms with Crippen LogP contribution in [0.4, 0.5) is 0 Å². The second-order valence-corrected chi connectivity index (χ2v) is 7.05. The van der Waals surface area contributed by atoms with Gasteiger partial charge in [0.1, 0.15) is 0 Å². The van der Waals surface area contributed by atoms with E-state index in [9.17, 15) is 5.11 Å². The number of rotatable bonds is 8. The van der Waals surface area contributed by atoms with Crippen LogP contribution in [0.2, 0.25) is 0 Å². The molecule has 136 valence electrons. The van der Waals surface area contributed by atoms with Gasteiger partial charge in [-0.15, -0.1) is 0 Å². The van der Waals surface area contributed by atoms with Crippen LogP contribution in [-0.2, 0) is 13.1 Å². The van der Waals surface area contributed by atoms with Crippen molar-refractivity contribution in [2.75, 3.05) is 32.8 Å². The zero-order chi connectivity index (χ0) is 17.5. The van der Waals surface area contributed by atoms with E-state index in [2.05, 4.69) is 46.1 Å². The van der Waals surface area contributed by atoms with Gasteiger partial charge in [-0.3, -0.25) is 9.58 Å². The normalized spacial score (nSPS) is 19.4. The average Bonchev–Trinajstić information content (AvgIpc) is 3.13. The molecule has 1 aliphatic rings. The van der Waals surface area contributed by atoms with Crippen LogP contribution < -0.4 is 0 Å². The maximum atomic E-state index is 9.47. The summed E-state index contributed by atoms with van der Waals surface area (Å²) in [6.07, 6.45) is 5.82. The predicted octanol–water partition coefficient (Wildman–Crippen LogP) is 2.15. The highest BCUT2D eigenvalue weighted by Gasteiger charge is 2.26. The van der Waals surface area contributed by atoms with Gasteiger partial charge in [0.25, 0.3) is 0 Å². The fourth-order valence-corrected chi connectivity index (χ4v) is 3.61. The van der Waals surface area contributed by atoms with E-state index in [1.165, 1.54) is 11.1 Å². The van der Waals surface area contributed by atoms with E-state index in [-0.39, 0.29) is 6.61 Å². The minimum Gasteiger partial charge on any atom is -0.396 e. The number of nitrogens with zero attached hydrogens (tertiary/aromatic N) is 4. The highest BCUT2D eigenvalue weighted by Crippen LogP contribution is 2.17. The van der Waals surface area contributed by atoms with Crippen molar-refractivity contribution in [3.63, 3.8) is 0 Å². The van der Waals surface area contributed by atoms with Gasteiger partial charge < -0.3 is 10.0 Å². The largest absolute Gasteiger partial charge is 0.396 e. The van der Waals surface area contributed by atoms with Crippen LogP contribution >= 0.6 is 0 Å². The molecular formula is C20H30N4O. The Morgan fingerprint density at radius 2 is 2.00 bits per heavy atom. The number of aromatic nitrogens is 2. The molecule has 5 nitrogen and oxygen atoms in total. The van der Waals surface area contributed by atoms with E-state index in [0.717, 1.165) is 52.1 Å². The van der Waals surface area contributed by atoms with Crippen LogP contribution in [0.1, 0.15) is 24.0 Å². The van der Waals surface area contributed by atoms with Crippen LogP contribution in [0.5, 0.6) is 0 Å². The quantitative estimate of drug-likeness (QED) is 0.798. The highest BCUT2D eigenvalue weighted by atomic mass is 16.3. The molecule has 0 radical (unpaired) electrons. The van der Waals surface area contributed by atoms with E-state index in [0.29, 0.717) is 6.04 Å². The van der Waals surface area contributed by atoms with Crippen LogP contribution in [0.3, 0.4) is 0 Å². The first-order valence-corrected chi connectivity index (χ1v) is 9.35. The molecule has 0 amide bonds. The fourth-order valence-electron chi connectivity index (χ4n) is 3.61. The third-order valence-electron chi connectivity index (χ3n) is 5.08. The summed E-state index contributed by atoms with van der Waals surface area (Å²) in [5, 5.41) is 13.7. The monoisotopic (exact) mass is 342 g/mol. The molecule has 5 heteroatoms. The molecule has 1 aromatic heterocycles. The van der Waals surface area contributed by atoms with Crippen LogP contribution in [0, 0.1) is 6.92 Å². The maximum absolute atomic E-state index is 9.47. The number of benzene rings is 1. The molecule has 0 saturated carbocycles. The molecule has 0 unspecified atom stereocenters. The summed E-state index contributed by atoms with van der Waals surface area (Å²) >= 11 is 0. The van der Waals surface area contributed by atoms with E-state index in [1.807, 2.05) is 23.1 Å². The topological polar surface area (TPSA) is 44.5 Å². The highest BCUT2D eigenvalue weighted by molar-refractivity contribution is 5.21. The fraction of sp³-hybridized carbons (Fsp3) is 0.550. The summed E-state index contributed by atoms with van der Waals surface area (Å²) in [7, 11) is 0. The first kappa shape index (κ1) is 18.1. The number of hydrogen-bond donors (Lipinski definition) is 1. The second kappa shape index (κ2) is 9.13. The van der Waals surface area contributed by atoms with Crippen molar-refractivity contribution in [3.8, 4) is 0 Å². The van der Waals surface area contributed by atoms with Gasteiger partial charge in [0, 0.05) is 64.3 Å². The molecule has 1 aromatic carbocycles. The van der Waals surface area contributed by atoms with Gasteiger partial charge in [-0.05, 0) is 31.4 Å². The Labute approximate surface area is 150 Å². The van der Waals surface area contributed by atoms with E-state index < -0.39 is 0 Å². The van der Waals surface area contributed by atoms with Crippen LogP contribution in [0.25, 0.3) is 0 Å². The van der Waals surface area contributed by atoms with Crippen LogP contribution in [-0.4, -0.2) is 63.5 Å². The average molecular weight is 342 g/mol. The number of aliphatic hydroxyl groups is 1. The Bertz CT molecular complexity index is 611. The van der Waals surface area contributed by atoms with Gasteiger partial charge in [0.15, 0.2) is 0 Å². The molecular weight excluding hydrogens is 312 g/mol. The standard InChI is InChI=1S/C20H30N4O/c1-18-4-6-19(7-5-18)16-23-14-13-22(17-20(23)8-15-25)10-3-12-24-11-2-9-21-24/h2,4-7,9,11,20,25H,3,8,10,12-17H2,1H3/t20-/m1/s1. The van der Waals surface area contributed by atoms with E-state index in [1.54, 1.807) is 0 Å². The molecule has 1 saturated heterocycles. The van der Waals surface area contributed by atoms with Gasteiger partial charge in [0.05, 0.1) is 0 Å². The molecule has 1 N–H and O–H groups in total. The van der Waals surface area contributed by atoms with Gasteiger partial charge in [0.2, 0.25) is 0 Å². The van der Waals surface area contributed by atoms with Gasteiger partial charge in [-0.25, -0.2) is 0 Å². The molecule has 0 spiro atoms. The smallest absolute Gasteiger partial charge is 0.0489 e. The molecule has 0 aliphatic carbocycles. The van der Waals surface area contributed by atoms with E-state index >= 15 is 0 Å². The summed E-state index contributed by atoms with van der Waals surface area (Å²) in [6, 6.07) is 11.2. The minimum atomic E-state index is 0.260. The predicted molar refractivity (Wildman–Crippen MR) is 100 cm³/mol. The van der Waals surface area contributed by atoms with Gasteiger partial charge >= 0.3 is 0 Å². The van der Waals surface area contributed by atoms with Crippen molar-refractivity contribution in [1.82, 2.24) is 19.6 Å². The number of aryl methyl sites for hydroxylation is 2. The van der Waals surface area contributed by atoms with Crippen molar-refractivity contribution in [1.29, 1.82) is 0 Å². The Kier molecular flexibility index (Phi) is 6.62. The molecule has 2 heterocycles. The lowest BCUT2D eigenvalue weighted by Gasteiger charge is -2.41. The van der Waals surface area contributed by atoms with E-state index in [4.69, 9.17) is 0 Å². The Morgan fingerprint density at radius 3 is 2.72 bits per heavy atom. The number of hydrogen-bond acceptors (Lipinski definition) is 4. The third-order valence-corrected chi connectivity index (χ3v) is 5.08. The van der Waals surface area contributed by atoms with Crippen molar-refractivity contribution < 1.29 is 5.11 Å². The molecule has 0 bridgehead atoms. The number of piperazine rings is 1. The van der Waals surface area contributed by atoms with Gasteiger partial charge in [-0.1, -0.05) is 29.8 Å². The summed E-state index contributed by atoms with van der Waals surface area (Å²) in [5.41, 5.74) is 2.67. The maximum Gasteiger partial charge on any atom is 0.0489 e. The summed E-state index contributed by atoms with van der Waals surface area (Å²) < 4.78 is 2.00. The minimum absolute atomic E-state index is 0.260. The zero-order valence-corrected chi connectivity index (χ0v) is 15.2. The summed E-state index contributed by atoms with van der Waals surface area (Å²) in [6.45, 7) is 8.66. The first-order chi connectivity index (χ1) is 12.2. The molecule has 2 aromatic rings. The van der Waals surface area contributed by atoms with Gasteiger partial charge in [-0.2, -0.15) is 5.10 Å². The number of aliphatic hydroxyl groups excluding tert-OH is 1. The molecule has 1 fully saturated rings. The Hall–Kier alpha value is -1.69. The van der Waals surface area contributed by atoms with Crippen LogP contribution in [0.15, 0.2) is 42.7 Å². The van der Waals surface area contributed by atoms with Crippen molar-refractivity contribution in [2.24, 2.45) is 0 Å². The summed E-state index contributed by atoms with van der Waals surface area (Å²) in [4.78, 5) is 5.07. The molecule has 1 aliphatic heterocycles. The molecule has 3 rings (SSSR count). The van der Waals surface area contributed by atoms with Crippen molar-refractivity contribution in [2.45, 2.75) is 38.9 Å². The van der Waals surface area contributed by atoms with Crippen molar-refractivity contribution >= 4 is 0 Å². The molecule has 25 heavy (non-hydrogen) atoms. The first-order valence-electron chi connectivity index (χ1n) is 9.35. The lowest BCUT2D eigenvalue weighted by atomic mass is 10.1. The SMILES string of the molecule is Cc1ccc(CN2CCN(CCCn3cccn3)C[C@H]2CCO)cc1. The molecule has 1 atom stereocenters. The lowest BCUT2D eigenvalue weighted by Crippen LogP contribution is -2.53.